The van der Waals surface area contributed by atoms with Gasteiger partial charge in [0.15, 0.2) is 0 Å². The minimum Gasteiger partial charge on any atom is -0.492 e. The van der Waals surface area contributed by atoms with Gasteiger partial charge in [0, 0.05) is 36.6 Å². The molecular formula is C22H25ClN4O2. The van der Waals surface area contributed by atoms with Crippen molar-refractivity contribution in [3.8, 4) is 5.75 Å². The van der Waals surface area contributed by atoms with Gasteiger partial charge in [0.1, 0.15) is 11.6 Å². The number of aromatic nitrogens is 1. The predicted molar refractivity (Wildman–Crippen MR) is 116 cm³/mol. The first-order valence-electron chi connectivity index (χ1n) is 9.86. The molecule has 0 aliphatic carbocycles. The lowest BCUT2D eigenvalue weighted by Gasteiger charge is -2.33. The fourth-order valence-corrected chi connectivity index (χ4v) is 3.77. The van der Waals surface area contributed by atoms with Crippen LogP contribution in [0.1, 0.15) is 18.1 Å². The molecule has 0 radical (unpaired) electrons. The van der Waals surface area contributed by atoms with Crippen LogP contribution in [0.15, 0.2) is 54.9 Å². The molecule has 1 aromatic heterocycles. The fraction of sp³-hybridized carbons (Fsp3) is 0.318. The van der Waals surface area contributed by atoms with Gasteiger partial charge in [-0.1, -0.05) is 17.7 Å². The van der Waals surface area contributed by atoms with Crippen molar-refractivity contribution in [1.82, 2.24) is 15.4 Å². The van der Waals surface area contributed by atoms with Gasteiger partial charge >= 0.3 is 0 Å². The highest BCUT2D eigenvalue weighted by Gasteiger charge is 2.20. The molecule has 0 spiro atoms. The number of pyridine rings is 1. The van der Waals surface area contributed by atoms with E-state index in [1.165, 1.54) is 0 Å². The highest BCUT2D eigenvalue weighted by atomic mass is 35.5. The third-order valence-corrected chi connectivity index (χ3v) is 5.20. The predicted octanol–water partition coefficient (Wildman–Crippen LogP) is 3.85. The third kappa shape index (κ3) is 4.49. The van der Waals surface area contributed by atoms with Gasteiger partial charge in [-0.2, -0.15) is 0 Å². The molecule has 6 nitrogen and oxygen atoms in total. The number of ether oxygens (including phenoxy) is 2. The molecule has 1 aromatic carbocycles. The van der Waals surface area contributed by atoms with Gasteiger partial charge in [-0.05, 0) is 43.3 Å². The zero-order chi connectivity index (χ0) is 20.1. The lowest BCUT2D eigenvalue weighted by atomic mass is 10.1. The van der Waals surface area contributed by atoms with Crippen LogP contribution in [0, 0.1) is 0 Å². The Morgan fingerprint density at radius 1 is 1.24 bits per heavy atom. The summed E-state index contributed by atoms with van der Waals surface area (Å²) in [6.45, 7) is 6.38. The number of rotatable bonds is 6. The van der Waals surface area contributed by atoms with Crippen molar-refractivity contribution in [3.63, 3.8) is 0 Å². The molecule has 3 heterocycles. The van der Waals surface area contributed by atoms with Gasteiger partial charge in [0.25, 0.3) is 0 Å². The molecule has 0 saturated carbocycles. The smallest absolute Gasteiger partial charge is 0.137 e. The van der Waals surface area contributed by atoms with Crippen molar-refractivity contribution < 1.29 is 9.47 Å². The van der Waals surface area contributed by atoms with Crippen molar-refractivity contribution in [3.05, 3.63) is 71.0 Å². The molecule has 0 amide bonds. The monoisotopic (exact) mass is 412 g/mol. The summed E-state index contributed by atoms with van der Waals surface area (Å²) in [5.41, 5.74) is 6.55. The Labute approximate surface area is 176 Å². The van der Waals surface area contributed by atoms with Gasteiger partial charge in [-0.3, -0.25) is 5.01 Å². The number of nitrogens with zero attached hydrogens (tertiary/aromatic N) is 3. The van der Waals surface area contributed by atoms with Crippen molar-refractivity contribution in [2.24, 2.45) is 0 Å². The van der Waals surface area contributed by atoms with Gasteiger partial charge in [-0.25, -0.2) is 4.98 Å². The van der Waals surface area contributed by atoms with E-state index < -0.39 is 0 Å². The summed E-state index contributed by atoms with van der Waals surface area (Å²) >= 11 is 6.42. The Morgan fingerprint density at radius 3 is 2.90 bits per heavy atom. The molecular weight excluding hydrogens is 388 g/mol. The van der Waals surface area contributed by atoms with E-state index in [0.717, 1.165) is 48.9 Å². The maximum absolute atomic E-state index is 6.42. The second-order valence-electron chi connectivity index (χ2n) is 6.79. The number of halogens is 1. The number of morpholine rings is 1. The van der Waals surface area contributed by atoms with Crippen LogP contribution in [-0.4, -0.2) is 42.9 Å². The maximum atomic E-state index is 6.42. The standard InChI is InChI=1S/C22H25ClN4O2/c1-2-29-21-8-7-17(15-19(21)23)20-6-4-10-25-27(20)16-18-5-3-9-24-22(18)26-11-13-28-14-12-26/h3-10,15,25H,2,11-14,16H2,1H3. The maximum Gasteiger partial charge on any atom is 0.137 e. The average Bonchev–Trinajstić information content (AvgIpc) is 2.77. The molecule has 0 unspecified atom stereocenters. The van der Waals surface area contributed by atoms with Crippen LogP contribution in [0.4, 0.5) is 5.82 Å². The SMILES string of the molecule is CCOc1ccc(C2=CC=CNN2Cc2cccnc2N2CCOCC2)cc1Cl. The van der Waals surface area contributed by atoms with E-state index in [-0.39, 0.29) is 0 Å². The van der Waals surface area contributed by atoms with Crippen LogP contribution in [0.3, 0.4) is 0 Å². The molecule has 1 N–H and O–H groups in total. The number of benzene rings is 1. The summed E-state index contributed by atoms with van der Waals surface area (Å²) in [5, 5.41) is 2.71. The molecule has 152 valence electrons. The van der Waals surface area contributed by atoms with E-state index in [1.54, 1.807) is 0 Å². The fourth-order valence-electron chi connectivity index (χ4n) is 3.53. The summed E-state index contributed by atoms with van der Waals surface area (Å²) in [6, 6.07) is 10.00. The first kappa shape index (κ1) is 19.6. The van der Waals surface area contributed by atoms with Crippen molar-refractivity contribution in [2.75, 3.05) is 37.8 Å². The van der Waals surface area contributed by atoms with Gasteiger partial charge in [0.2, 0.25) is 0 Å². The number of hydrogen-bond acceptors (Lipinski definition) is 6. The molecule has 1 saturated heterocycles. The normalized spacial score (nSPS) is 16.4. The second kappa shape index (κ2) is 9.20. The summed E-state index contributed by atoms with van der Waals surface area (Å²) in [4.78, 5) is 6.94. The number of nitrogens with one attached hydrogen (secondary N) is 1. The average molecular weight is 413 g/mol. The van der Waals surface area contributed by atoms with Crippen LogP contribution in [0.2, 0.25) is 5.02 Å². The minimum atomic E-state index is 0.587. The zero-order valence-corrected chi connectivity index (χ0v) is 17.2. The Hall–Kier alpha value is -2.70. The van der Waals surface area contributed by atoms with Crippen LogP contribution < -0.4 is 15.1 Å². The van der Waals surface area contributed by atoms with E-state index in [9.17, 15) is 0 Å². The van der Waals surface area contributed by atoms with E-state index in [4.69, 9.17) is 21.1 Å². The highest BCUT2D eigenvalue weighted by Crippen LogP contribution is 2.31. The Kier molecular flexibility index (Phi) is 6.22. The van der Waals surface area contributed by atoms with Gasteiger partial charge < -0.3 is 19.8 Å². The van der Waals surface area contributed by atoms with E-state index >= 15 is 0 Å². The van der Waals surface area contributed by atoms with E-state index in [2.05, 4.69) is 32.5 Å². The molecule has 1 fully saturated rings. The zero-order valence-electron chi connectivity index (χ0n) is 16.5. The highest BCUT2D eigenvalue weighted by molar-refractivity contribution is 6.32. The lowest BCUT2D eigenvalue weighted by molar-refractivity contribution is 0.122. The minimum absolute atomic E-state index is 0.587. The molecule has 2 aliphatic rings. The second-order valence-corrected chi connectivity index (χ2v) is 7.20. The van der Waals surface area contributed by atoms with Crippen LogP contribution in [0.25, 0.3) is 5.70 Å². The van der Waals surface area contributed by atoms with Gasteiger partial charge in [0.05, 0.1) is 37.1 Å². The third-order valence-electron chi connectivity index (χ3n) is 4.91. The van der Waals surface area contributed by atoms with Gasteiger partial charge in [-0.15, -0.1) is 0 Å². The first-order valence-corrected chi connectivity index (χ1v) is 10.2. The molecule has 0 bridgehead atoms. The number of anilines is 1. The largest absolute Gasteiger partial charge is 0.492 e. The van der Waals surface area contributed by atoms with Crippen LogP contribution >= 0.6 is 11.6 Å². The lowest BCUT2D eigenvalue weighted by Crippen LogP contribution is -2.39. The quantitative estimate of drug-likeness (QED) is 0.777. The van der Waals surface area contributed by atoms with Crippen molar-refractivity contribution >= 4 is 23.1 Å². The molecule has 29 heavy (non-hydrogen) atoms. The number of hydrogen-bond donors (Lipinski definition) is 1. The van der Waals surface area contributed by atoms with Crippen LogP contribution in [-0.2, 0) is 11.3 Å². The summed E-state index contributed by atoms with van der Waals surface area (Å²) in [6.07, 6.45) is 7.83. The molecule has 7 heteroatoms. The molecule has 4 rings (SSSR count). The van der Waals surface area contributed by atoms with Crippen molar-refractivity contribution in [2.45, 2.75) is 13.5 Å². The summed E-state index contributed by atoms with van der Waals surface area (Å²) in [7, 11) is 0. The van der Waals surface area contributed by atoms with Crippen LogP contribution in [0.5, 0.6) is 5.75 Å². The Balaban J connectivity index is 1.58. The summed E-state index contributed by atoms with van der Waals surface area (Å²) < 4.78 is 11.1. The van der Waals surface area contributed by atoms with E-state index in [1.807, 2.05) is 49.7 Å². The number of allylic oxidation sites excluding steroid dienone is 2. The Morgan fingerprint density at radius 2 is 2.10 bits per heavy atom. The van der Waals surface area contributed by atoms with Crippen molar-refractivity contribution in [1.29, 1.82) is 0 Å². The molecule has 2 aliphatic heterocycles. The topological polar surface area (TPSA) is 49.9 Å². The molecule has 2 aromatic rings. The van der Waals surface area contributed by atoms with E-state index in [0.29, 0.717) is 23.9 Å². The molecule has 0 atom stereocenters. The Bertz CT molecular complexity index is 909. The summed E-state index contributed by atoms with van der Waals surface area (Å²) in [5.74, 6) is 1.71. The first-order chi connectivity index (χ1) is 14.3. The number of hydrazine groups is 1.